The van der Waals surface area contributed by atoms with Crippen LogP contribution in [-0.2, 0) is 4.79 Å². The summed E-state index contributed by atoms with van der Waals surface area (Å²) in [4.78, 5) is 16.3. The molecule has 5 nitrogen and oxygen atoms in total. The van der Waals surface area contributed by atoms with Crippen molar-refractivity contribution in [1.82, 2.24) is 4.90 Å². The number of nitrogens with zero attached hydrogens (tertiary/aromatic N) is 1. The molecule has 0 radical (unpaired) electrons. The highest BCUT2D eigenvalue weighted by Crippen LogP contribution is 2.57. The number of thiol groups is 1. The van der Waals surface area contributed by atoms with Crippen LogP contribution in [0.3, 0.4) is 0 Å². The molecular formula is C26H29NO4S2. The van der Waals surface area contributed by atoms with E-state index in [2.05, 4.69) is 4.90 Å². The SMILES string of the molecule is COc1ccc(-c2ccc(/C=C3\SC(S)N(C4C5CC6CC(C5)CC4C6)C3=O)o2)c(OC)c1. The maximum absolute atomic E-state index is 13.5. The predicted molar refractivity (Wildman–Crippen MR) is 133 cm³/mol. The number of furan rings is 1. The smallest absolute Gasteiger partial charge is 0.262 e. The van der Waals surface area contributed by atoms with E-state index in [1.54, 1.807) is 14.2 Å². The lowest BCUT2D eigenvalue weighted by molar-refractivity contribution is -0.136. The second-order valence-corrected chi connectivity index (χ2v) is 11.8. The molecule has 0 spiro atoms. The molecule has 4 aliphatic carbocycles. The maximum atomic E-state index is 13.5. The predicted octanol–water partition coefficient (Wildman–Crippen LogP) is 5.92. The van der Waals surface area contributed by atoms with E-state index >= 15 is 0 Å². The standard InChI is InChI=1S/C26H29NO4S2/c1-29-18-3-5-20(22(12-18)30-2)21-6-4-19(31-21)13-23-25(28)27(26(32)33-23)24-16-8-14-7-15(10-16)11-17(24)9-14/h3-6,12-17,24,26,32H,7-11H2,1-2H3/b23-13-. The van der Waals surface area contributed by atoms with Gasteiger partial charge >= 0.3 is 0 Å². The minimum atomic E-state index is -0.123. The Morgan fingerprint density at radius 3 is 2.42 bits per heavy atom. The number of carbonyl (C=O) groups is 1. The number of hydrogen-bond donors (Lipinski definition) is 1. The lowest BCUT2D eigenvalue weighted by Gasteiger charge is -2.56. The third-order valence-corrected chi connectivity index (χ3v) is 9.54. The third kappa shape index (κ3) is 3.68. The summed E-state index contributed by atoms with van der Waals surface area (Å²) in [6.45, 7) is 0. The molecule has 33 heavy (non-hydrogen) atoms. The molecule has 174 valence electrons. The van der Waals surface area contributed by atoms with Gasteiger partial charge in [0.25, 0.3) is 5.91 Å². The summed E-state index contributed by atoms with van der Waals surface area (Å²) < 4.78 is 16.8. The van der Waals surface area contributed by atoms with Gasteiger partial charge in [-0.25, -0.2) is 0 Å². The average Bonchev–Trinajstić information content (AvgIpc) is 3.38. The summed E-state index contributed by atoms with van der Waals surface area (Å²) in [5.74, 6) is 5.94. The van der Waals surface area contributed by atoms with Crippen LogP contribution in [0.4, 0.5) is 0 Å². The molecule has 1 aromatic heterocycles. The summed E-state index contributed by atoms with van der Waals surface area (Å²) in [6, 6.07) is 9.79. The molecule has 1 aliphatic heterocycles. The Kier molecular flexibility index (Phi) is 5.45. The topological polar surface area (TPSA) is 51.9 Å². The first-order valence-corrected chi connectivity index (χ1v) is 13.1. The molecule has 4 bridgehead atoms. The van der Waals surface area contributed by atoms with Crippen molar-refractivity contribution in [3.63, 3.8) is 0 Å². The number of methoxy groups -OCH3 is 2. The van der Waals surface area contributed by atoms with Crippen molar-refractivity contribution < 1.29 is 18.7 Å². The zero-order chi connectivity index (χ0) is 22.7. The largest absolute Gasteiger partial charge is 0.497 e. The first-order valence-electron chi connectivity index (χ1n) is 11.8. The Labute approximate surface area is 204 Å². The van der Waals surface area contributed by atoms with E-state index in [-0.39, 0.29) is 10.6 Å². The second kappa shape index (κ2) is 8.35. The molecule has 7 heteroatoms. The number of amides is 1. The van der Waals surface area contributed by atoms with Gasteiger partial charge in [-0.3, -0.25) is 4.79 Å². The van der Waals surface area contributed by atoms with Gasteiger partial charge in [-0.2, -0.15) is 0 Å². The Bertz CT molecular complexity index is 1080. The second-order valence-electron chi connectivity index (χ2n) is 9.85. The lowest BCUT2D eigenvalue weighted by Crippen LogP contribution is -2.57. The first-order chi connectivity index (χ1) is 16.0. The highest BCUT2D eigenvalue weighted by Gasteiger charge is 2.53. The van der Waals surface area contributed by atoms with Crippen LogP contribution in [-0.4, -0.2) is 35.8 Å². The van der Waals surface area contributed by atoms with Gasteiger partial charge in [0.2, 0.25) is 0 Å². The fourth-order valence-electron chi connectivity index (χ4n) is 6.88. The highest BCUT2D eigenvalue weighted by atomic mass is 32.2. The number of benzene rings is 1. The minimum absolute atomic E-state index is 0.109. The minimum Gasteiger partial charge on any atom is -0.497 e. The lowest BCUT2D eigenvalue weighted by atomic mass is 9.54. The molecule has 7 rings (SSSR count). The quantitative estimate of drug-likeness (QED) is 0.423. The van der Waals surface area contributed by atoms with Gasteiger partial charge in [-0.05, 0) is 80.0 Å². The summed E-state index contributed by atoms with van der Waals surface area (Å²) >= 11 is 6.37. The summed E-state index contributed by atoms with van der Waals surface area (Å²) in [5.41, 5.74) is 0.843. The Morgan fingerprint density at radius 2 is 1.76 bits per heavy atom. The molecule has 1 atom stereocenters. The van der Waals surface area contributed by atoms with Crippen molar-refractivity contribution in [3.8, 4) is 22.8 Å². The Balaban J connectivity index is 1.24. The fraction of sp³-hybridized carbons (Fsp3) is 0.500. The normalized spacial score (nSPS) is 33.8. The van der Waals surface area contributed by atoms with Crippen LogP contribution in [0.1, 0.15) is 37.9 Å². The molecule has 1 aromatic carbocycles. The van der Waals surface area contributed by atoms with Crippen LogP contribution < -0.4 is 9.47 Å². The van der Waals surface area contributed by atoms with E-state index in [4.69, 9.17) is 26.5 Å². The van der Waals surface area contributed by atoms with Gasteiger partial charge in [0, 0.05) is 18.2 Å². The van der Waals surface area contributed by atoms with Gasteiger partial charge in [0.1, 0.15) is 27.7 Å². The average molecular weight is 484 g/mol. The number of rotatable bonds is 5. The van der Waals surface area contributed by atoms with Crippen LogP contribution in [0.25, 0.3) is 17.4 Å². The van der Waals surface area contributed by atoms with Crippen molar-refractivity contribution >= 4 is 36.4 Å². The van der Waals surface area contributed by atoms with Crippen LogP contribution in [0.5, 0.6) is 11.5 Å². The highest BCUT2D eigenvalue weighted by molar-refractivity contribution is 8.14. The number of carbonyl (C=O) groups excluding carboxylic acids is 1. The van der Waals surface area contributed by atoms with Crippen molar-refractivity contribution in [1.29, 1.82) is 0 Å². The van der Waals surface area contributed by atoms with Gasteiger partial charge in [-0.15, -0.1) is 12.6 Å². The molecule has 1 saturated heterocycles. The van der Waals surface area contributed by atoms with E-state index in [0.717, 1.165) is 23.1 Å². The molecule has 2 heterocycles. The van der Waals surface area contributed by atoms with Crippen molar-refractivity contribution in [2.24, 2.45) is 23.7 Å². The Hall–Kier alpha value is -1.99. The molecule has 2 aromatic rings. The number of ether oxygens (including phenoxy) is 2. The van der Waals surface area contributed by atoms with E-state index < -0.39 is 0 Å². The van der Waals surface area contributed by atoms with Crippen LogP contribution in [0.15, 0.2) is 39.7 Å². The fourth-order valence-corrected chi connectivity index (χ4v) is 8.45. The first kappa shape index (κ1) is 21.5. The van der Waals surface area contributed by atoms with Crippen molar-refractivity contribution in [2.75, 3.05) is 14.2 Å². The van der Waals surface area contributed by atoms with Gasteiger partial charge < -0.3 is 18.8 Å². The van der Waals surface area contributed by atoms with E-state index in [1.807, 2.05) is 36.4 Å². The van der Waals surface area contributed by atoms with Gasteiger partial charge in [-0.1, -0.05) is 11.8 Å². The zero-order valence-corrected chi connectivity index (χ0v) is 20.6. The molecule has 1 unspecified atom stereocenters. The Morgan fingerprint density at radius 1 is 1.03 bits per heavy atom. The number of hydrogen-bond acceptors (Lipinski definition) is 6. The van der Waals surface area contributed by atoms with E-state index in [1.165, 1.54) is 43.9 Å². The van der Waals surface area contributed by atoms with E-state index in [9.17, 15) is 4.79 Å². The zero-order valence-electron chi connectivity index (χ0n) is 18.9. The molecule has 1 amide bonds. The monoisotopic (exact) mass is 483 g/mol. The molecular weight excluding hydrogens is 454 g/mol. The van der Waals surface area contributed by atoms with Crippen molar-refractivity contribution in [2.45, 2.75) is 42.9 Å². The molecule has 5 aliphatic rings. The molecule has 5 fully saturated rings. The van der Waals surface area contributed by atoms with E-state index in [0.29, 0.717) is 40.1 Å². The van der Waals surface area contributed by atoms with Crippen LogP contribution in [0.2, 0.25) is 0 Å². The number of thioether (sulfide) groups is 1. The molecule has 4 saturated carbocycles. The molecule has 0 N–H and O–H groups in total. The van der Waals surface area contributed by atoms with Gasteiger partial charge in [0.15, 0.2) is 0 Å². The summed E-state index contributed by atoms with van der Waals surface area (Å²) in [6.07, 6.45) is 8.44. The van der Waals surface area contributed by atoms with Crippen LogP contribution >= 0.6 is 24.4 Å². The summed E-state index contributed by atoms with van der Waals surface area (Å²) in [7, 11) is 3.26. The maximum Gasteiger partial charge on any atom is 0.262 e. The van der Waals surface area contributed by atoms with Crippen molar-refractivity contribution in [3.05, 3.63) is 41.0 Å². The van der Waals surface area contributed by atoms with Crippen LogP contribution in [0, 0.1) is 23.7 Å². The van der Waals surface area contributed by atoms with Gasteiger partial charge in [0.05, 0.1) is 24.7 Å². The third-order valence-electron chi connectivity index (χ3n) is 7.99. The summed E-state index contributed by atoms with van der Waals surface area (Å²) in [5, 5.41) is 0.